The van der Waals surface area contributed by atoms with Crippen LogP contribution in [0.15, 0.2) is 47.1 Å². The number of carboxylic acid groups (broad SMARTS) is 1. The van der Waals surface area contributed by atoms with Gasteiger partial charge in [0.15, 0.2) is 12.4 Å². The Balaban J connectivity index is 1.98. The first-order valence-electron chi connectivity index (χ1n) is 8.80. The zero-order valence-corrected chi connectivity index (χ0v) is 16.0. The molecule has 28 heavy (non-hydrogen) atoms. The normalized spacial score (nSPS) is 11.7. The van der Waals surface area contributed by atoms with Crippen LogP contribution in [0.4, 0.5) is 0 Å². The molecule has 0 spiro atoms. The molecule has 1 aromatic heterocycles. The number of carbonyl (C=O) groups is 3. The lowest BCUT2D eigenvalue weighted by molar-refractivity contribution is -0.139. The maximum atomic E-state index is 12.8. The minimum atomic E-state index is -1.05. The highest BCUT2D eigenvalue weighted by Crippen LogP contribution is 2.15. The zero-order chi connectivity index (χ0) is 20.7. The topological polar surface area (TPSA) is 109 Å². The maximum Gasteiger partial charge on any atom is 0.341 e. The third-order valence-electron chi connectivity index (χ3n) is 4.05. The van der Waals surface area contributed by atoms with Crippen LogP contribution in [0.3, 0.4) is 0 Å². The van der Waals surface area contributed by atoms with Gasteiger partial charge in [0, 0.05) is 13.6 Å². The Bertz CT molecular complexity index is 799. The highest BCUT2D eigenvalue weighted by molar-refractivity contribution is 5.95. The molecular weight excluding hydrogens is 364 g/mol. The van der Waals surface area contributed by atoms with Gasteiger partial charge in [-0.25, -0.2) is 4.79 Å². The number of hydrogen-bond acceptors (Lipinski definition) is 5. The van der Waals surface area contributed by atoms with Crippen molar-refractivity contribution in [1.29, 1.82) is 0 Å². The molecule has 0 saturated carbocycles. The van der Waals surface area contributed by atoms with Crippen molar-refractivity contribution in [2.75, 3.05) is 13.7 Å². The molecule has 1 heterocycles. The first-order chi connectivity index (χ1) is 13.3. The lowest BCUT2D eigenvalue weighted by Crippen LogP contribution is -2.49. The molecule has 0 saturated heterocycles. The van der Waals surface area contributed by atoms with Crippen LogP contribution < -0.4 is 10.1 Å². The molecule has 2 aromatic rings. The van der Waals surface area contributed by atoms with Gasteiger partial charge in [-0.15, -0.1) is 0 Å². The van der Waals surface area contributed by atoms with Crippen molar-refractivity contribution < 1.29 is 28.6 Å². The molecule has 2 rings (SSSR count). The number of carboxylic acids is 1. The van der Waals surface area contributed by atoms with E-state index in [0.29, 0.717) is 12.3 Å². The molecule has 1 aromatic carbocycles. The van der Waals surface area contributed by atoms with E-state index in [1.165, 1.54) is 17.2 Å². The Morgan fingerprint density at radius 1 is 1.18 bits per heavy atom. The lowest BCUT2D eigenvalue weighted by atomic mass is 10.0. The number of carbonyl (C=O) groups excluding carboxylic acids is 2. The third kappa shape index (κ3) is 5.87. The molecule has 0 bridgehead atoms. The van der Waals surface area contributed by atoms with E-state index in [1.807, 2.05) is 13.8 Å². The molecule has 2 N–H and O–H groups in total. The van der Waals surface area contributed by atoms with Gasteiger partial charge >= 0.3 is 5.97 Å². The second-order valence-corrected chi connectivity index (χ2v) is 6.69. The Morgan fingerprint density at radius 2 is 1.86 bits per heavy atom. The van der Waals surface area contributed by atoms with Crippen LogP contribution in [-0.4, -0.2) is 47.5 Å². The second-order valence-electron chi connectivity index (χ2n) is 6.69. The van der Waals surface area contributed by atoms with E-state index in [0.717, 1.165) is 5.56 Å². The monoisotopic (exact) mass is 388 g/mol. The molecule has 2 amide bonds. The number of rotatable bonds is 9. The summed E-state index contributed by atoms with van der Waals surface area (Å²) in [5, 5.41) is 11.3. The largest absolute Gasteiger partial charge is 0.482 e. The second kappa shape index (κ2) is 9.59. The highest BCUT2D eigenvalue weighted by atomic mass is 16.5. The molecular formula is C20H24N2O6. The Morgan fingerprint density at radius 3 is 2.39 bits per heavy atom. The van der Waals surface area contributed by atoms with Gasteiger partial charge in [0.05, 0.1) is 6.26 Å². The van der Waals surface area contributed by atoms with Crippen molar-refractivity contribution in [3.05, 3.63) is 54.0 Å². The average molecular weight is 388 g/mol. The molecule has 8 heteroatoms. The quantitative estimate of drug-likeness (QED) is 0.681. The first kappa shape index (κ1) is 21.0. The number of furan rings is 1. The molecule has 1 atom stereocenters. The van der Waals surface area contributed by atoms with Gasteiger partial charge in [0.2, 0.25) is 5.91 Å². The fraction of sp³-hybridized carbons (Fsp3) is 0.350. The van der Waals surface area contributed by atoms with Gasteiger partial charge in [-0.3, -0.25) is 9.59 Å². The molecule has 1 unspecified atom stereocenters. The molecule has 8 nitrogen and oxygen atoms in total. The van der Waals surface area contributed by atoms with Gasteiger partial charge in [-0.05, 0) is 35.7 Å². The summed E-state index contributed by atoms with van der Waals surface area (Å²) in [6.45, 7) is 3.63. The first-order valence-corrected chi connectivity index (χ1v) is 8.80. The molecule has 150 valence electrons. The molecule has 0 radical (unpaired) electrons. The van der Waals surface area contributed by atoms with Gasteiger partial charge in [-0.1, -0.05) is 26.0 Å². The Hall–Kier alpha value is -3.29. The number of nitrogens with one attached hydrogen (secondary N) is 1. The summed E-state index contributed by atoms with van der Waals surface area (Å²) in [6, 6.07) is 9.26. The summed E-state index contributed by atoms with van der Waals surface area (Å²) in [5.41, 5.74) is 0.846. The summed E-state index contributed by atoms with van der Waals surface area (Å²) in [5.74, 6) is -1.23. The van der Waals surface area contributed by atoms with Crippen LogP contribution in [0, 0.1) is 5.92 Å². The maximum absolute atomic E-state index is 12.8. The SMILES string of the molecule is CC(C)C(NC(=O)c1ccco1)C(=O)N(C)Cc1ccc(OCC(=O)O)cc1. The van der Waals surface area contributed by atoms with Crippen LogP contribution in [-0.2, 0) is 16.1 Å². The summed E-state index contributed by atoms with van der Waals surface area (Å²) in [4.78, 5) is 37.1. The van der Waals surface area contributed by atoms with Crippen molar-refractivity contribution in [3.8, 4) is 5.75 Å². The lowest BCUT2D eigenvalue weighted by Gasteiger charge is -2.27. The number of nitrogens with zero attached hydrogens (tertiary/aromatic N) is 1. The number of benzene rings is 1. The van der Waals surface area contributed by atoms with Crippen molar-refractivity contribution >= 4 is 17.8 Å². The fourth-order valence-electron chi connectivity index (χ4n) is 2.56. The van der Waals surface area contributed by atoms with E-state index in [4.69, 9.17) is 14.3 Å². The summed E-state index contributed by atoms with van der Waals surface area (Å²) >= 11 is 0. The predicted octanol–water partition coefficient (Wildman–Crippen LogP) is 2.16. The van der Waals surface area contributed by atoms with Gasteiger partial charge in [-0.2, -0.15) is 0 Å². The van der Waals surface area contributed by atoms with Crippen molar-refractivity contribution in [1.82, 2.24) is 10.2 Å². The van der Waals surface area contributed by atoms with Crippen LogP contribution in [0.2, 0.25) is 0 Å². The van der Waals surface area contributed by atoms with E-state index in [2.05, 4.69) is 5.32 Å². The molecule has 0 fully saturated rings. The van der Waals surface area contributed by atoms with E-state index in [-0.39, 0.29) is 17.6 Å². The number of amides is 2. The van der Waals surface area contributed by atoms with E-state index in [9.17, 15) is 14.4 Å². The fourth-order valence-corrected chi connectivity index (χ4v) is 2.56. The van der Waals surface area contributed by atoms with Crippen LogP contribution in [0.1, 0.15) is 30.0 Å². The predicted molar refractivity (Wildman–Crippen MR) is 101 cm³/mol. The number of likely N-dealkylation sites (N-methyl/N-ethyl adjacent to an activating group) is 1. The summed E-state index contributed by atoms with van der Waals surface area (Å²) in [6.07, 6.45) is 1.40. The number of aliphatic carboxylic acids is 1. The van der Waals surface area contributed by atoms with Crippen molar-refractivity contribution in [2.45, 2.75) is 26.4 Å². The zero-order valence-electron chi connectivity index (χ0n) is 16.0. The minimum Gasteiger partial charge on any atom is -0.482 e. The highest BCUT2D eigenvalue weighted by Gasteiger charge is 2.28. The average Bonchev–Trinajstić information content (AvgIpc) is 3.19. The molecule has 0 aliphatic carbocycles. The van der Waals surface area contributed by atoms with E-state index < -0.39 is 24.5 Å². The third-order valence-corrected chi connectivity index (χ3v) is 4.05. The molecule has 0 aliphatic heterocycles. The summed E-state index contributed by atoms with van der Waals surface area (Å²) < 4.78 is 10.2. The van der Waals surface area contributed by atoms with Gasteiger partial charge in [0.25, 0.3) is 5.91 Å². The van der Waals surface area contributed by atoms with Crippen LogP contribution in [0.5, 0.6) is 5.75 Å². The van der Waals surface area contributed by atoms with Gasteiger partial charge < -0.3 is 24.5 Å². The van der Waals surface area contributed by atoms with E-state index >= 15 is 0 Å². The Kier molecular flexibility index (Phi) is 7.20. The van der Waals surface area contributed by atoms with Crippen LogP contribution >= 0.6 is 0 Å². The summed E-state index contributed by atoms with van der Waals surface area (Å²) in [7, 11) is 1.66. The standard InChI is InChI=1S/C20H24N2O6/c1-13(2)18(21-19(25)16-5-4-10-27-16)20(26)22(3)11-14-6-8-15(9-7-14)28-12-17(23)24/h4-10,13,18H,11-12H2,1-3H3,(H,21,25)(H,23,24). The van der Waals surface area contributed by atoms with E-state index in [1.54, 1.807) is 37.4 Å². The van der Waals surface area contributed by atoms with Crippen molar-refractivity contribution in [3.63, 3.8) is 0 Å². The smallest absolute Gasteiger partial charge is 0.341 e. The molecule has 0 aliphatic rings. The van der Waals surface area contributed by atoms with Crippen molar-refractivity contribution in [2.24, 2.45) is 5.92 Å². The van der Waals surface area contributed by atoms with Gasteiger partial charge in [0.1, 0.15) is 11.8 Å². The number of ether oxygens (including phenoxy) is 1. The Labute approximate surface area is 163 Å². The number of hydrogen-bond donors (Lipinski definition) is 2. The minimum absolute atomic E-state index is 0.111. The van der Waals surface area contributed by atoms with Crippen LogP contribution in [0.25, 0.3) is 0 Å².